The number of carbonyl (C=O) groups excluding carboxylic acids is 2. The molecular formula is C18H24ClN3O2. The molecule has 130 valence electrons. The molecule has 1 saturated heterocycles. The van der Waals surface area contributed by atoms with Crippen molar-refractivity contribution in [3.63, 3.8) is 0 Å². The second-order valence-corrected chi connectivity index (χ2v) is 7.16. The van der Waals surface area contributed by atoms with Crippen molar-refractivity contribution in [2.24, 2.45) is 5.92 Å². The van der Waals surface area contributed by atoms with Crippen LogP contribution in [0.4, 0.5) is 0 Å². The van der Waals surface area contributed by atoms with E-state index in [1.807, 2.05) is 4.90 Å². The third-order valence-electron chi connectivity index (χ3n) is 5.10. The highest BCUT2D eigenvalue weighted by Crippen LogP contribution is 2.28. The van der Waals surface area contributed by atoms with Gasteiger partial charge in [0.15, 0.2) is 0 Å². The van der Waals surface area contributed by atoms with Gasteiger partial charge in [0, 0.05) is 43.8 Å². The second kappa shape index (κ2) is 7.97. The number of hydrogen-bond donors (Lipinski definition) is 0. The highest BCUT2D eigenvalue weighted by Gasteiger charge is 2.26. The van der Waals surface area contributed by atoms with Crippen molar-refractivity contribution in [3.05, 3.63) is 29.0 Å². The lowest BCUT2D eigenvalue weighted by atomic mass is 10.0. The summed E-state index contributed by atoms with van der Waals surface area (Å²) in [6, 6.07) is 3.24. The summed E-state index contributed by atoms with van der Waals surface area (Å²) >= 11 is 5.92. The second-order valence-electron chi connectivity index (χ2n) is 6.72. The normalized spacial score (nSPS) is 18.9. The Kier molecular flexibility index (Phi) is 5.72. The molecule has 0 N–H and O–H groups in total. The average molecular weight is 350 g/mol. The largest absolute Gasteiger partial charge is 0.339 e. The van der Waals surface area contributed by atoms with Crippen LogP contribution in [0.15, 0.2) is 18.3 Å². The quantitative estimate of drug-likeness (QED) is 0.839. The van der Waals surface area contributed by atoms with Gasteiger partial charge in [-0.05, 0) is 24.5 Å². The van der Waals surface area contributed by atoms with E-state index in [1.165, 1.54) is 25.7 Å². The zero-order valence-corrected chi connectivity index (χ0v) is 14.7. The van der Waals surface area contributed by atoms with Gasteiger partial charge >= 0.3 is 0 Å². The van der Waals surface area contributed by atoms with Crippen molar-refractivity contribution < 1.29 is 9.59 Å². The molecule has 0 aromatic carbocycles. The topological polar surface area (TPSA) is 53.5 Å². The van der Waals surface area contributed by atoms with E-state index in [9.17, 15) is 9.59 Å². The molecule has 0 unspecified atom stereocenters. The molecule has 5 nitrogen and oxygen atoms in total. The number of nitrogens with zero attached hydrogens (tertiary/aromatic N) is 3. The maximum atomic E-state index is 12.4. The number of pyridine rings is 1. The Morgan fingerprint density at radius 1 is 1.12 bits per heavy atom. The molecule has 0 atom stereocenters. The molecule has 6 heteroatoms. The Bertz CT molecular complexity index is 594. The third kappa shape index (κ3) is 4.26. The lowest BCUT2D eigenvalue weighted by Gasteiger charge is -2.34. The molecule has 1 saturated carbocycles. The smallest absolute Gasteiger partial charge is 0.272 e. The van der Waals surface area contributed by atoms with Gasteiger partial charge < -0.3 is 9.80 Å². The Morgan fingerprint density at radius 3 is 2.46 bits per heavy atom. The van der Waals surface area contributed by atoms with E-state index in [4.69, 9.17) is 11.6 Å². The van der Waals surface area contributed by atoms with Crippen molar-refractivity contribution in [1.29, 1.82) is 0 Å². The van der Waals surface area contributed by atoms with Crippen LogP contribution in [0.3, 0.4) is 0 Å². The molecule has 3 rings (SSSR count). The van der Waals surface area contributed by atoms with Gasteiger partial charge in [0.05, 0.1) is 0 Å². The van der Waals surface area contributed by atoms with Crippen molar-refractivity contribution in [2.45, 2.75) is 38.5 Å². The minimum absolute atomic E-state index is 0.115. The van der Waals surface area contributed by atoms with Crippen LogP contribution in [-0.4, -0.2) is 52.8 Å². The lowest BCUT2D eigenvalue weighted by Crippen LogP contribution is -2.50. The monoisotopic (exact) mass is 349 g/mol. The summed E-state index contributed by atoms with van der Waals surface area (Å²) in [6.45, 7) is 2.33. The van der Waals surface area contributed by atoms with Crippen molar-refractivity contribution >= 4 is 23.4 Å². The van der Waals surface area contributed by atoms with Gasteiger partial charge in [0.25, 0.3) is 5.91 Å². The molecule has 1 aromatic heterocycles. The number of carbonyl (C=O) groups is 2. The fourth-order valence-electron chi connectivity index (χ4n) is 3.63. The number of halogens is 1. The van der Waals surface area contributed by atoms with E-state index in [0.717, 1.165) is 12.3 Å². The van der Waals surface area contributed by atoms with Crippen molar-refractivity contribution in [3.8, 4) is 0 Å². The first-order valence-corrected chi connectivity index (χ1v) is 9.20. The van der Waals surface area contributed by atoms with E-state index < -0.39 is 0 Å². The van der Waals surface area contributed by atoms with Crippen LogP contribution in [0.1, 0.15) is 49.0 Å². The zero-order valence-electron chi connectivity index (χ0n) is 13.9. The predicted octanol–water partition coefficient (Wildman–Crippen LogP) is 2.99. The third-order valence-corrected chi connectivity index (χ3v) is 5.34. The highest BCUT2D eigenvalue weighted by atomic mass is 35.5. The summed E-state index contributed by atoms with van der Waals surface area (Å²) in [4.78, 5) is 32.5. The summed E-state index contributed by atoms with van der Waals surface area (Å²) in [6.07, 6.45) is 8.40. The molecule has 1 aliphatic heterocycles. The standard InChI is InChI=1S/C18H24ClN3O2/c19-15-7-8-20-16(13-15)18(24)22-11-9-21(10-12-22)17(23)6-5-14-3-1-2-4-14/h7-8,13-14H,1-6,9-12H2. The first kappa shape index (κ1) is 17.2. The van der Waals surface area contributed by atoms with Gasteiger partial charge in [0.2, 0.25) is 5.91 Å². The number of aromatic nitrogens is 1. The van der Waals surface area contributed by atoms with Crippen LogP contribution in [0.25, 0.3) is 0 Å². The maximum absolute atomic E-state index is 12.4. The van der Waals surface area contributed by atoms with Gasteiger partial charge in [-0.15, -0.1) is 0 Å². The molecule has 0 spiro atoms. The number of amides is 2. The Morgan fingerprint density at radius 2 is 1.79 bits per heavy atom. The molecule has 24 heavy (non-hydrogen) atoms. The van der Waals surface area contributed by atoms with Crippen molar-refractivity contribution in [1.82, 2.24) is 14.8 Å². The number of hydrogen-bond acceptors (Lipinski definition) is 3. The first-order valence-electron chi connectivity index (χ1n) is 8.82. The molecule has 2 fully saturated rings. The molecule has 2 amide bonds. The van der Waals surface area contributed by atoms with Gasteiger partial charge in [-0.3, -0.25) is 14.6 Å². The minimum Gasteiger partial charge on any atom is -0.339 e. The Hall–Kier alpha value is -1.62. The predicted molar refractivity (Wildman–Crippen MR) is 92.9 cm³/mol. The Labute approximate surface area is 148 Å². The van der Waals surface area contributed by atoms with Crippen LogP contribution < -0.4 is 0 Å². The SMILES string of the molecule is O=C(CCC1CCCC1)N1CCN(C(=O)c2cc(Cl)ccn2)CC1. The summed E-state index contributed by atoms with van der Waals surface area (Å²) in [7, 11) is 0. The van der Waals surface area contributed by atoms with Crippen LogP contribution in [0, 0.1) is 5.92 Å². The van der Waals surface area contributed by atoms with Crippen LogP contribution in [0.2, 0.25) is 5.02 Å². The summed E-state index contributed by atoms with van der Waals surface area (Å²) in [5.41, 5.74) is 0.364. The zero-order chi connectivity index (χ0) is 16.9. The number of rotatable bonds is 4. The van der Waals surface area contributed by atoms with E-state index >= 15 is 0 Å². The van der Waals surface area contributed by atoms with E-state index in [2.05, 4.69) is 4.98 Å². The van der Waals surface area contributed by atoms with Crippen LogP contribution in [0.5, 0.6) is 0 Å². The first-order chi connectivity index (χ1) is 11.6. The van der Waals surface area contributed by atoms with Crippen LogP contribution >= 0.6 is 11.6 Å². The van der Waals surface area contributed by atoms with Gasteiger partial charge in [-0.1, -0.05) is 37.3 Å². The number of piperazine rings is 1. The summed E-state index contributed by atoms with van der Waals surface area (Å²) < 4.78 is 0. The van der Waals surface area contributed by atoms with Gasteiger partial charge in [-0.2, -0.15) is 0 Å². The molecule has 1 aliphatic carbocycles. The molecule has 2 heterocycles. The molecule has 0 radical (unpaired) electrons. The molecular weight excluding hydrogens is 326 g/mol. The lowest BCUT2D eigenvalue weighted by molar-refractivity contribution is -0.133. The summed E-state index contributed by atoms with van der Waals surface area (Å²) in [5.74, 6) is 0.858. The van der Waals surface area contributed by atoms with Crippen molar-refractivity contribution in [2.75, 3.05) is 26.2 Å². The minimum atomic E-state index is -0.115. The van der Waals surface area contributed by atoms with E-state index in [0.29, 0.717) is 43.3 Å². The van der Waals surface area contributed by atoms with E-state index in [1.54, 1.807) is 23.2 Å². The van der Waals surface area contributed by atoms with Gasteiger partial charge in [-0.25, -0.2) is 0 Å². The average Bonchev–Trinajstić information content (AvgIpc) is 3.13. The Balaban J connectivity index is 1.46. The molecule has 2 aliphatic rings. The molecule has 0 bridgehead atoms. The fourth-order valence-corrected chi connectivity index (χ4v) is 3.79. The molecule has 1 aromatic rings. The maximum Gasteiger partial charge on any atom is 0.272 e. The van der Waals surface area contributed by atoms with E-state index in [-0.39, 0.29) is 11.8 Å². The summed E-state index contributed by atoms with van der Waals surface area (Å²) in [5, 5.41) is 0.508. The van der Waals surface area contributed by atoms with Gasteiger partial charge in [0.1, 0.15) is 5.69 Å². The highest BCUT2D eigenvalue weighted by molar-refractivity contribution is 6.30. The fraction of sp³-hybridized carbons (Fsp3) is 0.611. The van der Waals surface area contributed by atoms with Crippen LogP contribution in [-0.2, 0) is 4.79 Å².